The van der Waals surface area contributed by atoms with Gasteiger partial charge in [-0.25, -0.2) is 4.98 Å². The highest BCUT2D eigenvalue weighted by Gasteiger charge is 2.12. The quantitative estimate of drug-likeness (QED) is 0.708. The van der Waals surface area contributed by atoms with Crippen molar-refractivity contribution >= 4 is 28.4 Å². The molecule has 0 spiro atoms. The summed E-state index contributed by atoms with van der Waals surface area (Å²) >= 11 is 5.61. The van der Waals surface area contributed by atoms with Gasteiger partial charge in [0, 0.05) is 12.2 Å². The van der Waals surface area contributed by atoms with Gasteiger partial charge in [-0.3, -0.25) is 0 Å². The summed E-state index contributed by atoms with van der Waals surface area (Å²) in [6.07, 6.45) is -0.594. The number of nitrogens with zero attached hydrogens (tertiary/aromatic N) is 1. The number of halogens is 1. The van der Waals surface area contributed by atoms with Gasteiger partial charge in [-0.1, -0.05) is 24.3 Å². The van der Waals surface area contributed by atoms with Crippen molar-refractivity contribution in [1.82, 2.24) is 4.98 Å². The molecule has 0 radical (unpaired) electrons. The zero-order valence-electron chi connectivity index (χ0n) is 11.3. The number of rotatable bonds is 5. The van der Waals surface area contributed by atoms with Crippen LogP contribution >= 0.6 is 11.6 Å². The van der Waals surface area contributed by atoms with Gasteiger partial charge in [-0.15, -0.1) is 11.6 Å². The average molecular weight is 303 g/mol. The van der Waals surface area contributed by atoms with Crippen molar-refractivity contribution in [3.05, 3.63) is 48.5 Å². The van der Waals surface area contributed by atoms with Crippen LogP contribution in [0.2, 0.25) is 0 Å². The number of hydrogen-bond donors (Lipinski definition) is 2. The van der Waals surface area contributed by atoms with E-state index in [2.05, 4.69) is 10.3 Å². The van der Waals surface area contributed by atoms with E-state index in [4.69, 9.17) is 16.0 Å². The maximum absolute atomic E-state index is 9.56. The first kappa shape index (κ1) is 13.9. The van der Waals surface area contributed by atoms with Crippen molar-refractivity contribution in [2.75, 3.05) is 17.7 Å². The SMILES string of the molecule is OC(CCl)CNc1ccccc1-c1nc2ccccc2o1. The molecular weight excluding hydrogens is 288 g/mol. The molecule has 1 aromatic heterocycles. The smallest absolute Gasteiger partial charge is 0.229 e. The number of hydrogen-bond acceptors (Lipinski definition) is 4. The fraction of sp³-hybridized carbons (Fsp3) is 0.188. The fourth-order valence-corrected chi connectivity index (χ4v) is 2.20. The number of aliphatic hydroxyl groups excluding tert-OH is 1. The number of anilines is 1. The van der Waals surface area contributed by atoms with E-state index in [1.54, 1.807) is 0 Å². The van der Waals surface area contributed by atoms with Crippen molar-refractivity contribution in [2.45, 2.75) is 6.10 Å². The van der Waals surface area contributed by atoms with Crippen molar-refractivity contribution in [2.24, 2.45) is 0 Å². The van der Waals surface area contributed by atoms with Crippen LogP contribution in [0, 0.1) is 0 Å². The van der Waals surface area contributed by atoms with E-state index in [-0.39, 0.29) is 5.88 Å². The Hall–Kier alpha value is -2.04. The molecule has 0 aliphatic heterocycles. The van der Waals surface area contributed by atoms with Crippen LogP contribution < -0.4 is 5.32 Å². The molecule has 2 N–H and O–H groups in total. The van der Waals surface area contributed by atoms with E-state index in [1.165, 1.54) is 0 Å². The van der Waals surface area contributed by atoms with Gasteiger partial charge in [-0.05, 0) is 24.3 Å². The van der Waals surface area contributed by atoms with Gasteiger partial charge in [0.15, 0.2) is 5.58 Å². The zero-order chi connectivity index (χ0) is 14.7. The highest BCUT2D eigenvalue weighted by molar-refractivity contribution is 6.18. The molecule has 3 aromatic rings. The molecule has 2 aromatic carbocycles. The van der Waals surface area contributed by atoms with Crippen LogP contribution in [-0.4, -0.2) is 28.6 Å². The normalized spacial score (nSPS) is 12.5. The van der Waals surface area contributed by atoms with Gasteiger partial charge >= 0.3 is 0 Å². The standard InChI is InChI=1S/C16H15ClN2O2/c17-9-11(20)10-18-13-6-2-1-5-12(13)16-19-14-7-3-4-8-15(14)21-16/h1-8,11,18,20H,9-10H2. The summed E-state index contributed by atoms with van der Waals surface area (Å²) in [7, 11) is 0. The number of alkyl halides is 1. The maximum atomic E-state index is 9.56. The van der Waals surface area contributed by atoms with Crippen LogP contribution in [0.15, 0.2) is 52.9 Å². The van der Waals surface area contributed by atoms with Crippen molar-refractivity contribution < 1.29 is 9.52 Å². The number of fused-ring (bicyclic) bond motifs is 1. The second-order valence-corrected chi connectivity index (χ2v) is 5.03. The van der Waals surface area contributed by atoms with Gasteiger partial charge in [-0.2, -0.15) is 0 Å². The largest absolute Gasteiger partial charge is 0.436 e. The topological polar surface area (TPSA) is 58.3 Å². The third-order valence-corrected chi connectivity index (χ3v) is 3.51. The van der Waals surface area contributed by atoms with Crippen LogP contribution in [0.3, 0.4) is 0 Å². The Balaban J connectivity index is 1.94. The summed E-state index contributed by atoms with van der Waals surface area (Å²) in [4.78, 5) is 4.50. The molecule has 21 heavy (non-hydrogen) atoms. The van der Waals surface area contributed by atoms with E-state index in [0.29, 0.717) is 12.4 Å². The molecule has 1 atom stereocenters. The lowest BCUT2D eigenvalue weighted by Gasteiger charge is -2.12. The van der Waals surface area contributed by atoms with Gasteiger partial charge < -0.3 is 14.8 Å². The lowest BCUT2D eigenvalue weighted by atomic mass is 10.1. The summed E-state index contributed by atoms with van der Waals surface area (Å²) in [5.41, 5.74) is 3.29. The lowest BCUT2D eigenvalue weighted by molar-refractivity contribution is 0.211. The molecule has 0 fully saturated rings. The van der Waals surface area contributed by atoms with E-state index in [9.17, 15) is 5.11 Å². The second kappa shape index (κ2) is 6.16. The second-order valence-electron chi connectivity index (χ2n) is 4.72. The lowest BCUT2D eigenvalue weighted by Crippen LogP contribution is -2.21. The average Bonchev–Trinajstić information content (AvgIpc) is 2.96. The molecular formula is C16H15ClN2O2. The molecule has 5 heteroatoms. The van der Waals surface area contributed by atoms with Crippen LogP contribution in [0.4, 0.5) is 5.69 Å². The molecule has 1 unspecified atom stereocenters. The molecule has 0 saturated carbocycles. The summed E-state index contributed by atoms with van der Waals surface area (Å²) in [6, 6.07) is 15.3. The zero-order valence-corrected chi connectivity index (χ0v) is 12.0. The first-order valence-corrected chi connectivity index (χ1v) is 7.24. The Morgan fingerprint density at radius 3 is 2.71 bits per heavy atom. The molecule has 0 amide bonds. The summed E-state index contributed by atoms with van der Waals surface area (Å²) in [5, 5.41) is 12.7. The highest BCUT2D eigenvalue weighted by atomic mass is 35.5. The van der Waals surface area contributed by atoms with E-state index < -0.39 is 6.10 Å². The Morgan fingerprint density at radius 2 is 1.90 bits per heavy atom. The maximum Gasteiger partial charge on any atom is 0.229 e. The minimum atomic E-state index is -0.594. The number of aromatic nitrogens is 1. The fourth-order valence-electron chi connectivity index (χ4n) is 2.09. The molecule has 0 bridgehead atoms. The van der Waals surface area contributed by atoms with Crippen LogP contribution in [-0.2, 0) is 0 Å². The Kier molecular flexibility index (Phi) is 4.08. The monoisotopic (exact) mass is 302 g/mol. The number of nitrogens with one attached hydrogen (secondary N) is 1. The first-order chi connectivity index (χ1) is 10.3. The molecule has 0 aliphatic rings. The Bertz CT molecular complexity index is 709. The number of benzene rings is 2. The number of para-hydroxylation sites is 3. The number of oxazole rings is 1. The van der Waals surface area contributed by atoms with Crippen molar-refractivity contribution in [3.63, 3.8) is 0 Å². The minimum Gasteiger partial charge on any atom is -0.436 e. The van der Waals surface area contributed by atoms with Gasteiger partial charge in [0.1, 0.15) is 5.52 Å². The third kappa shape index (κ3) is 3.01. The van der Waals surface area contributed by atoms with Crippen LogP contribution in [0.1, 0.15) is 0 Å². The predicted molar refractivity (Wildman–Crippen MR) is 84.7 cm³/mol. The van der Waals surface area contributed by atoms with Gasteiger partial charge in [0.2, 0.25) is 5.89 Å². The van der Waals surface area contributed by atoms with E-state index in [1.807, 2.05) is 48.5 Å². The number of aliphatic hydroxyl groups is 1. The third-order valence-electron chi connectivity index (χ3n) is 3.16. The Labute approximate surface area is 127 Å². The van der Waals surface area contributed by atoms with Gasteiger partial charge in [0.25, 0.3) is 0 Å². The molecule has 0 saturated heterocycles. The van der Waals surface area contributed by atoms with Gasteiger partial charge in [0.05, 0.1) is 17.5 Å². The molecule has 108 valence electrons. The van der Waals surface area contributed by atoms with Crippen molar-refractivity contribution in [1.29, 1.82) is 0 Å². The minimum absolute atomic E-state index is 0.193. The van der Waals surface area contributed by atoms with E-state index in [0.717, 1.165) is 22.4 Å². The van der Waals surface area contributed by atoms with Crippen molar-refractivity contribution in [3.8, 4) is 11.5 Å². The molecule has 1 heterocycles. The molecule has 4 nitrogen and oxygen atoms in total. The summed E-state index contributed by atoms with van der Waals surface area (Å²) < 4.78 is 5.79. The molecule has 0 aliphatic carbocycles. The first-order valence-electron chi connectivity index (χ1n) is 6.71. The van der Waals surface area contributed by atoms with E-state index >= 15 is 0 Å². The van der Waals surface area contributed by atoms with Crippen LogP contribution in [0.25, 0.3) is 22.6 Å². The Morgan fingerprint density at radius 1 is 1.14 bits per heavy atom. The predicted octanol–water partition coefficient (Wildman–Crippen LogP) is 3.51. The summed E-state index contributed by atoms with van der Waals surface area (Å²) in [6.45, 7) is 0.376. The molecule has 3 rings (SSSR count). The van der Waals surface area contributed by atoms with Crippen LogP contribution in [0.5, 0.6) is 0 Å². The highest BCUT2D eigenvalue weighted by Crippen LogP contribution is 2.29. The summed E-state index contributed by atoms with van der Waals surface area (Å²) in [5.74, 6) is 0.748.